The molecule has 538 valence electrons. The molecule has 0 radical (unpaired) electrons. The van der Waals surface area contributed by atoms with Gasteiger partial charge in [-0.1, -0.05) is 18.2 Å². The monoisotopic (exact) mass is 1420 g/mol. The van der Waals surface area contributed by atoms with Crippen LogP contribution >= 0.6 is 0 Å². The van der Waals surface area contributed by atoms with Gasteiger partial charge in [0.05, 0.1) is 76.2 Å². The van der Waals surface area contributed by atoms with Gasteiger partial charge in [-0.2, -0.15) is 52.7 Å². The normalized spacial score (nSPS) is 17.8. The molecule has 1 atom stereocenters. The molecular formula is C67H67F12N7O14. The van der Waals surface area contributed by atoms with Crippen molar-refractivity contribution in [3.63, 3.8) is 0 Å². The second-order valence-corrected chi connectivity index (χ2v) is 23.6. The van der Waals surface area contributed by atoms with Gasteiger partial charge >= 0.3 is 36.3 Å². The van der Waals surface area contributed by atoms with Crippen molar-refractivity contribution in [1.82, 2.24) is 20.3 Å². The summed E-state index contributed by atoms with van der Waals surface area (Å²) in [6, 6.07) is 20.3. The van der Waals surface area contributed by atoms with Gasteiger partial charge in [-0.15, -0.1) is 0 Å². The number of methoxy groups -OCH3 is 3. The number of carbonyl (C=O) groups excluding carboxylic acids is 4. The highest BCUT2D eigenvalue weighted by molar-refractivity contribution is 6.16. The lowest BCUT2D eigenvalue weighted by atomic mass is 9.97. The smallest absolute Gasteiger partial charge is 0.449 e. The van der Waals surface area contributed by atoms with Crippen LogP contribution in [-0.4, -0.2) is 189 Å². The number of morpholine rings is 2. The molecule has 3 aliphatic heterocycles. The van der Waals surface area contributed by atoms with Crippen molar-refractivity contribution < 1.29 is 121 Å². The number of allylic oxidation sites excluding steroid dienone is 1. The van der Waals surface area contributed by atoms with E-state index in [4.69, 9.17) is 28.8 Å². The van der Waals surface area contributed by atoms with Crippen LogP contribution in [0.4, 0.5) is 69.7 Å². The van der Waals surface area contributed by atoms with E-state index in [0.29, 0.717) is 99.7 Å². The number of aryl methyl sites for hydroxylation is 1. The number of benzene rings is 3. The zero-order valence-corrected chi connectivity index (χ0v) is 53.5. The molecule has 6 aliphatic rings. The summed E-state index contributed by atoms with van der Waals surface area (Å²) >= 11 is 0. The van der Waals surface area contributed by atoms with Crippen molar-refractivity contribution in [1.29, 1.82) is 0 Å². The Morgan fingerprint density at radius 3 is 1.49 bits per heavy atom. The van der Waals surface area contributed by atoms with E-state index in [1.54, 1.807) is 19.2 Å². The van der Waals surface area contributed by atoms with E-state index in [9.17, 15) is 92.3 Å². The van der Waals surface area contributed by atoms with Crippen molar-refractivity contribution in [3.05, 3.63) is 164 Å². The third-order valence-electron chi connectivity index (χ3n) is 17.3. The highest BCUT2D eigenvalue weighted by Crippen LogP contribution is 2.50. The van der Waals surface area contributed by atoms with Gasteiger partial charge in [-0.05, 0) is 108 Å². The Bertz CT molecular complexity index is 4000. The molecule has 0 amide bonds. The molecule has 21 nitrogen and oxygen atoms in total. The first-order valence-electron chi connectivity index (χ1n) is 30.9. The third kappa shape index (κ3) is 16.0. The number of pyridine rings is 3. The molecule has 6 N–H and O–H groups in total. The predicted octanol–water partition coefficient (Wildman–Crippen LogP) is 8.11. The number of nitrogens with zero attached hydrogens (tertiary/aromatic N) is 6. The Morgan fingerprint density at radius 1 is 0.530 bits per heavy atom. The number of ketones is 3. The summed E-state index contributed by atoms with van der Waals surface area (Å²) < 4.78 is 179. The molecule has 3 aromatic heterocycles. The SMILES string of the molecule is COc1cc2c(cc1N1CCNCC1)CCC2=O.COc1cc2c(cc1N1CCOCC1)C/C(=C\c1cccc(C(O)(O)C(F)(F)F)n1)C2=O.COc1cc2c(cc1N1CCOCC1)CC(Cc1cccc(C(O)(O)C(F)(F)F)n1)C2=O.O=Cc1cccc(C(O)(C(F)(F)F)C(F)(F)F)n1. The average Bonchev–Trinajstić information content (AvgIpc) is 1.20. The van der Waals surface area contributed by atoms with Crippen molar-refractivity contribution in [2.24, 2.45) is 5.92 Å². The maximum absolute atomic E-state index is 13.0. The molecule has 3 saturated heterocycles. The Balaban J connectivity index is 0.000000161. The number of aromatic nitrogens is 3. The van der Waals surface area contributed by atoms with Gasteiger partial charge < -0.3 is 69.2 Å². The summed E-state index contributed by atoms with van der Waals surface area (Å²) in [5.74, 6) is -6.90. The number of aliphatic hydroxyl groups is 5. The van der Waals surface area contributed by atoms with E-state index in [1.165, 1.54) is 50.1 Å². The van der Waals surface area contributed by atoms with E-state index in [2.05, 4.69) is 41.0 Å². The summed E-state index contributed by atoms with van der Waals surface area (Å²) in [6.07, 6.45) is -19.1. The molecule has 6 heterocycles. The minimum absolute atomic E-state index is 0.00995. The van der Waals surface area contributed by atoms with Crippen LogP contribution in [0.25, 0.3) is 6.08 Å². The highest BCUT2D eigenvalue weighted by atomic mass is 19.4. The predicted molar refractivity (Wildman–Crippen MR) is 332 cm³/mol. The first-order valence-corrected chi connectivity index (χ1v) is 30.9. The molecule has 12 rings (SSSR count). The largest absolute Gasteiger partial charge is 0.495 e. The summed E-state index contributed by atoms with van der Waals surface area (Å²) in [5, 5.41) is 50.2. The van der Waals surface area contributed by atoms with Crippen LogP contribution < -0.4 is 34.2 Å². The maximum Gasteiger partial charge on any atom is 0.449 e. The summed E-state index contributed by atoms with van der Waals surface area (Å²) in [5.41, 5.74) is -1.39. The fourth-order valence-corrected chi connectivity index (χ4v) is 11.9. The molecule has 0 bridgehead atoms. The number of rotatable bonds is 13. The summed E-state index contributed by atoms with van der Waals surface area (Å²) in [7, 11) is 4.73. The second-order valence-electron chi connectivity index (χ2n) is 23.6. The lowest BCUT2D eigenvalue weighted by molar-refractivity contribution is -0.377. The number of carbonyl (C=O) groups is 4. The number of fused-ring (bicyclic) bond motifs is 3. The lowest BCUT2D eigenvalue weighted by Gasteiger charge is -2.31. The van der Waals surface area contributed by atoms with Gasteiger partial charge in [0.15, 0.2) is 23.6 Å². The van der Waals surface area contributed by atoms with E-state index in [-0.39, 0.29) is 47.9 Å². The third-order valence-corrected chi connectivity index (χ3v) is 17.3. The van der Waals surface area contributed by atoms with Gasteiger partial charge in [-0.25, -0.2) is 9.97 Å². The molecule has 6 aromatic rings. The molecular weight excluding hydrogens is 1350 g/mol. The number of aldehydes is 1. The maximum atomic E-state index is 13.0. The quantitative estimate of drug-likeness (QED) is 0.0276. The Kier molecular flexibility index (Phi) is 22.7. The molecule has 0 saturated carbocycles. The van der Waals surface area contributed by atoms with Crippen molar-refractivity contribution >= 4 is 46.8 Å². The number of nitrogens with one attached hydrogen (secondary N) is 1. The van der Waals surface area contributed by atoms with Crippen LogP contribution in [-0.2, 0) is 52.3 Å². The van der Waals surface area contributed by atoms with Crippen molar-refractivity contribution in [2.45, 2.75) is 74.0 Å². The van der Waals surface area contributed by atoms with E-state index >= 15 is 0 Å². The number of alkyl halides is 12. The van der Waals surface area contributed by atoms with Crippen LogP contribution in [0.15, 0.2) is 96.6 Å². The minimum atomic E-state index is -6.01. The van der Waals surface area contributed by atoms with Crippen molar-refractivity contribution in [2.75, 3.05) is 115 Å². The zero-order chi connectivity index (χ0) is 72.9. The van der Waals surface area contributed by atoms with Crippen molar-refractivity contribution in [3.8, 4) is 17.2 Å². The molecule has 0 spiro atoms. The number of anilines is 3. The molecule has 3 fully saturated rings. The van der Waals surface area contributed by atoms with Crippen LogP contribution in [0.3, 0.4) is 0 Å². The Morgan fingerprint density at radius 2 is 0.980 bits per heavy atom. The number of halogens is 12. The highest BCUT2D eigenvalue weighted by Gasteiger charge is 2.72. The number of Topliss-reactive ketones (excluding diaryl/α,β-unsaturated/α-hetero) is 3. The lowest BCUT2D eigenvalue weighted by Crippen LogP contribution is -2.54. The summed E-state index contributed by atoms with van der Waals surface area (Å²) in [6.45, 7) is 9.11. The molecule has 1 unspecified atom stereocenters. The zero-order valence-electron chi connectivity index (χ0n) is 53.5. The van der Waals surface area contributed by atoms with Gasteiger partial charge in [0.25, 0.3) is 5.60 Å². The van der Waals surface area contributed by atoms with E-state index in [0.717, 1.165) is 96.4 Å². The fraction of sp³-hybridized carbons (Fsp3) is 0.418. The fourth-order valence-electron chi connectivity index (χ4n) is 11.9. The number of piperazine rings is 1. The molecule has 3 aromatic carbocycles. The van der Waals surface area contributed by atoms with Crippen LogP contribution in [0, 0.1) is 5.92 Å². The molecule has 3 aliphatic carbocycles. The van der Waals surface area contributed by atoms with Crippen LogP contribution in [0.2, 0.25) is 0 Å². The average molecular weight is 1420 g/mol. The minimum Gasteiger partial charge on any atom is -0.495 e. The summed E-state index contributed by atoms with van der Waals surface area (Å²) in [4.78, 5) is 64.8. The Hall–Kier alpha value is -8.83. The van der Waals surface area contributed by atoms with Gasteiger partial charge in [0, 0.05) is 105 Å². The van der Waals surface area contributed by atoms with E-state index < -0.39 is 70.6 Å². The van der Waals surface area contributed by atoms with E-state index in [1.807, 2.05) is 18.2 Å². The Labute approximate surface area is 562 Å². The van der Waals surface area contributed by atoms with Crippen LogP contribution in [0.5, 0.6) is 17.2 Å². The van der Waals surface area contributed by atoms with Gasteiger partial charge in [-0.3, -0.25) is 24.2 Å². The first-order chi connectivity index (χ1) is 47.1. The topological polar surface area (TPSA) is 276 Å². The number of ether oxygens (including phenoxy) is 5. The number of hydrogen-bond donors (Lipinski definition) is 6. The second kappa shape index (κ2) is 30.2. The number of hydrogen-bond acceptors (Lipinski definition) is 21. The van der Waals surface area contributed by atoms with Crippen LogP contribution in [0.1, 0.15) is 93.1 Å². The molecule has 100 heavy (non-hydrogen) atoms. The standard InChI is InChI=1S/C22H23F3N2O5.C22H21F3N2O5.C14H18N2O2.C9H5F6NO2/c2*1-31-18-12-16-13(11-17(18)27-5-7-32-8-6-27)9-14(20(16)28)10-15-3-2-4-19(26-15)21(29,30)22(23,24)25;1-18-14-9-11-10(2-3-13(11)17)8-12(14)16-6-4-15-5-7-16;10-8(11,12)7(18,9(13,14)15)6-3-1-2-5(4-17)16-6/h2-4,11-12,14,29-30H,5-10H2,1H3;2-4,10-12,29-30H,5-9H2,1H3;8-9,15H,2-7H2,1H3;1-4,18H/b;14-10+;;. The first kappa shape index (κ1) is 75.4. The van der Waals surface area contributed by atoms with Gasteiger partial charge in [0.2, 0.25) is 0 Å². The molecule has 33 heteroatoms. The van der Waals surface area contributed by atoms with Gasteiger partial charge in [0.1, 0.15) is 34.3 Å².